The maximum absolute atomic E-state index is 12.0. The molecular formula is C18H17ClN2O2. The van der Waals surface area contributed by atoms with Crippen molar-refractivity contribution in [3.63, 3.8) is 0 Å². The molecule has 23 heavy (non-hydrogen) atoms. The minimum absolute atomic E-state index is 0.0736. The van der Waals surface area contributed by atoms with Crippen LogP contribution in [0.15, 0.2) is 48.5 Å². The summed E-state index contributed by atoms with van der Waals surface area (Å²) >= 11 is 5.82. The summed E-state index contributed by atoms with van der Waals surface area (Å²) in [4.78, 5) is 23.7. The molecule has 1 saturated carbocycles. The summed E-state index contributed by atoms with van der Waals surface area (Å²) in [5.74, 6) is 0.153. The highest BCUT2D eigenvalue weighted by Crippen LogP contribution is 2.30. The van der Waals surface area contributed by atoms with Crippen molar-refractivity contribution in [2.24, 2.45) is 5.92 Å². The zero-order chi connectivity index (χ0) is 16.2. The molecule has 0 aromatic heterocycles. The molecule has 0 bridgehead atoms. The molecule has 2 aromatic carbocycles. The number of hydrogen-bond donors (Lipinski definition) is 2. The van der Waals surface area contributed by atoms with Gasteiger partial charge in [-0.05, 0) is 54.8 Å². The second-order valence-corrected chi connectivity index (χ2v) is 6.13. The Labute approximate surface area is 139 Å². The van der Waals surface area contributed by atoms with Gasteiger partial charge in [-0.1, -0.05) is 23.7 Å². The maximum Gasteiger partial charge on any atom is 0.228 e. The van der Waals surface area contributed by atoms with Crippen LogP contribution < -0.4 is 10.6 Å². The second-order valence-electron chi connectivity index (χ2n) is 5.69. The molecule has 0 spiro atoms. The molecule has 118 valence electrons. The average molecular weight is 329 g/mol. The number of benzene rings is 2. The van der Waals surface area contributed by atoms with Gasteiger partial charge in [-0.2, -0.15) is 0 Å². The number of halogens is 1. The van der Waals surface area contributed by atoms with Crippen LogP contribution in [0.3, 0.4) is 0 Å². The van der Waals surface area contributed by atoms with E-state index in [1.807, 2.05) is 12.1 Å². The van der Waals surface area contributed by atoms with Gasteiger partial charge in [0.2, 0.25) is 11.8 Å². The standard InChI is InChI=1S/C18H17ClN2O2/c19-14-5-1-12(2-6-14)11-17(22)20-15-7-9-16(10-8-15)21-18(23)13-3-4-13/h1-2,5-10,13H,3-4,11H2,(H,20,22)(H,21,23). The fourth-order valence-corrected chi connectivity index (χ4v) is 2.35. The summed E-state index contributed by atoms with van der Waals surface area (Å²) in [6.45, 7) is 0. The quantitative estimate of drug-likeness (QED) is 0.875. The molecule has 3 rings (SSSR count). The van der Waals surface area contributed by atoms with Crippen molar-refractivity contribution in [3.8, 4) is 0 Å². The zero-order valence-corrected chi connectivity index (χ0v) is 13.3. The summed E-state index contributed by atoms with van der Waals surface area (Å²) < 4.78 is 0. The first kappa shape index (κ1) is 15.6. The summed E-state index contributed by atoms with van der Waals surface area (Å²) in [6.07, 6.45) is 2.24. The van der Waals surface area contributed by atoms with Crippen molar-refractivity contribution >= 4 is 34.8 Å². The van der Waals surface area contributed by atoms with E-state index in [4.69, 9.17) is 11.6 Å². The van der Waals surface area contributed by atoms with Crippen molar-refractivity contribution in [2.75, 3.05) is 10.6 Å². The molecule has 4 nitrogen and oxygen atoms in total. The highest BCUT2D eigenvalue weighted by atomic mass is 35.5. The van der Waals surface area contributed by atoms with Crippen molar-refractivity contribution in [2.45, 2.75) is 19.3 Å². The van der Waals surface area contributed by atoms with Gasteiger partial charge in [-0.3, -0.25) is 9.59 Å². The fraction of sp³-hybridized carbons (Fsp3) is 0.222. The van der Waals surface area contributed by atoms with Gasteiger partial charge in [0.25, 0.3) is 0 Å². The minimum Gasteiger partial charge on any atom is -0.326 e. The Kier molecular flexibility index (Phi) is 4.63. The van der Waals surface area contributed by atoms with Gasteiger partial charge < -0.3 is 10.6 Å². The van der Waals surface area contributed by atoms with Crippen molar-refractivity contribution < 1.29 is 9.59 Å². The van der Waals surface area contributed by atoms with Crippen LogP contribution in [0, 0.1) is 5.92 Å². The largest absolute Gasteiger partial charge is 0.326 e. The van der Waals surface area contributed by atoms with Crippen molar-refractivity contribution in [1.82, 2.24) is 0 Å². The Morgan fingerprint density at radius 3 is 2.04 bits per heavy atom. The van der Waals surface area contributed by atoms with Gasteiger partial charge in [-0.15, -0.1) is 0 Å². The van der Waals surface area contributed by atoms with Crippen LogP contribution in [0.4, 0.5) is 11.4 Å². The maximum atomic E-state index is 12.0. The lowest BCUT2D eigenvalue weighted by atomic mass is 10.1. The Hall–Kier alpha value is -2.33. The fourth-order valence-electron chi connectivity index (χ4n) is 2.22. The lowest BCUT2D eigenvalue weighted by Gasteiger charge is -2.08. The first-order valence-electron chi connectivity index (χ1n) is 7.55. The molecule has 2 amide bonds. The Balaban J connectivity index is 1.53. The SMILES string of the molecule is O=C(Cc1ccc(Cl)cc1)Nc1ccc(NC(=O)C2CC2)cc1. The molecule has 1 aliphatic carbocycles. The molecule has 0 radical (unpaired) electrons. The summed E-state index contributed by atoms with van der Waals surface area (Å²) in [5, 5.41) is 6.35. The average Bonchev–Trinajstić information content (AvgIpc) is 3.36. The Bertz CT molecular complexity index is 707. The van der Waals surface area contributed by atoms with Crippen molar-refractivity contribution in [3.05, 3.63) is 59.1 Å². The van der Waals surface area contributed by atoms with Gasteiger partial charge in [0.15, 0.2) is 0 Å². The molecule has 1 fully saturated rings. The van der Waals surface area contributed by atoms with Crippen molar-refractivity contribution in [1.29, 1.82) is 0 Å². The Morgan fingerprint density at radius 2 is 1.48 bits per heavy atom. The second kappa shape index (κ2) is 6.84. The molecule has 0 aliphatic heterocycles. The molecule has 0 heterocycles. The normalized spacial score (nSPS) is 13.4. The van der Waals surface area contributed by atoms with E-state index in [0.717, 1.165) is 24.1 Å². The lowest BCUT2D eigenvalue weighted by molar-refractivity contribution is -0.117. The zero-order valence-electron chi connectivity index (χ0n) is 12.5. The first-order chi connectivity index (χ1) is 11.1. The first-order valence-corrected chi connectivity index (χ1v) is 7.93. The van der Waals surface area contributed by atoms with Crippen LogP contribution in [0.25, 0.3) is 0 Å². The number of carbonyl (C=O) groups excluding carboxylic acids is 2. The van der Waals surface area contributed by atoms with Crippen LogP contribution in [0.5, 0.6) is 0 Å². The predicted molar refractivity (Wildman–Crippen MR) is 91.6 cm³/mol. The number of nitrogens with one attached hydrogen (secondary N) is 2. The van der Waals surface area contributed by atoms with E-state index in [0.29, 0.717) is 10.7 Å². The number of amides is 2. The Morgan fingerprint density at radius 1 is 0.913 bits per heavy atom. The topological polar surface area (TPSA) is 58.2 Å². The number of carbonyl (C=O) groups is 2. The summed E-state index contributed by atoms with van der Waals surface area (Å²) in [5.41, 5.74) is 2.35. The van der Waals surface area contributed by atoms with Gasteiger partial charge in [0.05, 0.1) is 6.42 Å². The predicted octanol–water partition coefficient (Wildman–Crippen LogP) is 3.87. The molecule has 0 saturated heterocycles. The van der Waals surface area contributed by atoms with E-state index < -0.39 is 0 Å². The van der Waals surface area contributed by atoms with E-state index in [9.17, 15) is 9.59 Å². The lowest BCUT2D eigenvalue weighted by Crippen LogP contribution is -2.15. The van der Waals surface area contributed by atoms with E-state index in [-0.39, 0.29) is 24.2 Å². The smallest absolute Gasteiger partial charge is 0.228 e. The minimum atomic E-state index is -0.0953. The molecular weight excluding hydrogens is 312 g/mol. The van der Waals surface area contributed by atoms with Crippen LogP contribution >= 0.6 is 11.6 Å². The molecule has 2 N–H and O–H groups in total. The number of rotatable bonds is 5. The number of anilines is 2. The van der Waals surface area contributed by atoms with Gasteiger partial charge in [0.1, 0.15) is 0 Å². The van der Waals surface area contributed by atoms with Crippen LogP contribution in [0.1, 0.15) is 18.4 Å². The molecule has 2 aromatic rings. The van der Waals surface area contributed by atoms with E-state index in [1.165, 1.54) is 0 Å². The summed E-state index contributed by atoms with van der Waals surface area (Å²) in [6, 6.07) is 14.3. The third-order valence-electron chi connectivity index (χ3n) is 3.66. The van der Waals surface area contributed by atoms with E-state index >= 15 is 0 Å². The molecule has 5 heteroatoms. The van der Waals surface area contributed by atoms with E-state index in [2.05, 4.69) is 10.6 Å². The third kappa shape index (κ3) is 4.57. The molecule has 1 aliphatic rings. The van der Waals surface area contributed by atoms with Crippen LogP contribution in [-0.2, 0) is 16.0 Å². The third-order valence-corrected chi connectivity index (χ3v) is 3.91. The van der Waals surface area contributed by atoms with E-state index in [1.54, 1.807) is 36.4 Å². The molecule has 0 atom stereocenters. The van der Waals surface area contributed by atoms with Gasteiger partial charge in [0, 0.05) is 22.3 Å². The highest BCUT2D eigenvalue weighted by molar-refractivity contribution is 6.30. The van der Waals surface area contributed by atoms with Crippen LogP contribution in [0.2, 0.25) is 5.02 Å². The monoisotopic (exact) mass is 328 g/mol. The van der Waals surface area contributed by atoms with Gasteiger partial charge >= 0.3 is 0 Å². The van der Waals surface area contributed by atoms with Gasteiger partial charge in [-0.25, -0.2) is 0 Å². The van der Waals surface area contributed by atoms with Crippen LogP contribution in [-0.4, -0.2) is 11.8 Å². The number of hydrogen-bond acceptors (Lipinski definition) is 2. The summed E-state index contributed by atoms with van der Waals surface area (Å²) in [7, 11) is 0. The molecule has 0 unspecified atom stereocenters. The highest BCUT2D eigenvalue weighted by Gasteiger charge is 2.29.